The smallest absolute Gasteiger partial charge is 0.121 e. The molecular weight excluding hydrogens is 1110 g/mol. The molecule has 0 atom stereocenters. The number of methoxy groups -OCH3 is 1. The first kappa shape index (κ1) is 93.5. The van der Waals surface area contributed by atoms with Gasteiger partial charge in [0.15, 0.2) is 0 Å². The Morgan fingerprint density at radius 1 is 0.371 bits per heavy atom. The van der Waals surface area contributed by atoms with Crippen LogP contribution < -0.4 is 4.74 Å². The summed E-state index contributed by atoms with van der Waals surface area (Å²) in [5.41, 5.74) is 23.6. The molecule has 3 N–H and O–H groups in total. The summed E-state index contributed by atoms with van der Waals surface area (Å²) in [4.78, 5) is 2.72. The second-order valence-corrected chi connectivity index (χ2v) is 29.0. The third kappa shape index (κ3) is 36.0. The molecule has 7 aromatic rings. The molecule has 0 saturated carbocycles. The summed E-state index contributed by atoms with van der Waals surface area (Å²) in [7, 11) is 1.69. The Morgan fingerprint density at radius 2 is 0.674 bits per heavy atom. The van der Waals surface area contributed by atoms with Crippen LogP contribution >= 0.6 is 11.6 Å². The molecule has 0 saturated heterocycles. The molecule has 7 rings (SSSR count). The monoisotopic (exact) mass is 1240 g/mol. The Labute approximate surface area is 553 Å². The molecule has 0 radical (unpaired) electrons. The van der Waals surface area contributed by atoms with E-state index in [2.05, 4.69) is 223 Å². The summed E-state index contributed by atoms with van der Waals surface area (Å²) >= 11 is 5.76. The molecule has 0 aromatic heterocycles. The zero-order valence-electron chi connectivity index (χ0n) is 55.9. The number of benzene rings is 7. The minimum Gasteiger partial charge on any atom is -0.508 e. The molecule has 0 heterocycles. The summed E-state index contributed by atoms with van der Waals surface area (Å²) in [6.07, 6.45) is 0. The van der Waals surface area contributed by atoms with E-state index < -0.39 is 0 Å². The standard InChI is InChI=1S/C12H18O.2C11H16O.C11H16.C10H13Cl.C10H13N3.C10H14O.6CH4/c1-8-6-10(12(3,4)5)7-9(2)11(8)13;1-11(2,3)9-5-7-10(12-4)8-6-9;1-8-7-9(11(2,3)4)5-6-10(8)12;1-9-6-5-7-10(8-9)11(2,3)4;1-10(2,3)8-4-6-9(11)7-5-8;1-10(2,3)8-4-6-9(7-5-8)12-13-11;1-10(2,3)8-4-6-9(11)7-5-8;;;;;;/h6-7,13H,1-5H3;5-8H,1-4H3;5-7,12H,1-4H3;5-8H,1-4H3;4-7H,1-3H3;4-7H,1-3H3;4-7,11H,1-3H3;6*1H4. The highest BCUT2D eigenvalue weighted by molar-refractivity contribution is 6.30. The van der Waals surface area contributed by atoms with Crippen molar-refractivity contribution in [1.29, 1.82) is 0 Å². The van der Waals surface area contributed by atoms with Gasteiger partial charge in [0.1, 0.15) is 23.0 Å². The van der Waals surface area contributed by atoms with Gasteiger partial charge in [0.05, 0.1) is 7.11 Å². The van der Waals surface area contributed by atoms with Crippen molar-refractivity contribution in [2.75, 3.05) is 7.11 Å². The first-order valence-corrected chi connectivity index (χ1v) is 29.2. The number of ether oxygens (including phenoxy) is 1. The molecule has 7 nitrogen and oxygen atoms in total. The third-order valence-electron chi connectivity index (χ3n) is 13.6. The number of rotatable bonds is 2. The number of hydrogen-bond acceptors (Lipinski definition) is 5. The van der Waals surface area contributed by atoms with Crippen LogP contribution in [0.5, 0.6) is 23.0 Å². The van der Waals surface area contributed by atoms with Crippen LogP contribution in [-0.4, -0.2) is 22.4 Å². The molecule has 0 aliphatic rings. The highest BCUT2D eigenvalue weighted by Gasteiger charge is 2.18. The predicted molar refractivity (Wildman–Crippen MR) is 401 cm³/mol. The van der Waals surface area contributed by atoms with Crippen LogP contribution in [-0.2, 0) is 37.9 Å². The van der Waals surface area contributed by atoms with Crippen LogP contribution in [0, 0.1) is 27.7 Å². The Morgan fingerprint density at radius 3 is 0.978 bits per heavy atom. The summed E-state index contributed by atoms with van der Waals surface area (Å²) in [5.74, 6) is 2.05. The van der Waals surface area contributed by atoms with Crippen molar-refractivity contribution in [3.8, 4) is 23.0 Å². The van der Waals surface area contributed by atoms with E-state index in [0.29, 0.717) is 22.9 Å². The van der Waals surface area contributed by atoms with E-state index in [1.165, 1.54) is 44.5 Å². The number of aryl methyl sites for hydroxylation is 4. The van der Waals surface area contributed by atoms with Gasteiger partial charge in [-0.15, -0.1) is 0 Å². The molecule has 0 aliphatic carbocycles. The maximum Gasteiger partial charge on any atom is 0.121 e. The van der Waals surface area contributed by atoms with Gasteiger partial charge >= 0.3 is 0 Å². The number of phenols is 3. The molecule has 0 amide bonds. The fraction of sp³-hybridized carbons (Fsp3) is 0.481. The molecule has 0 spiro atoms. The van der Waals surface area contributed by atoms with Crippen LogP contribution in [0.25, 0.3) is 10.4 Å². The molecule has 8 heteroatoms. The van der Waals surface area contributed by atoms with Crippen molar-refractivity contribution in [2.24, 2.45) is 5.11 Å². The number of aromatic hydroxyl groups is 3. The molecule has 0 fully saturated rings. The normalized spacial score (nSPS) is 10.7. The van der Waals surface area contributed by atoms with Crippen molar-refractivity contribution in [3.63, 3.8) is 0 Å². The molecule has 0 unspecified atom stereocenters. The van der Waals surface area contributed by atoms with Crippen molar-refractivity contribution in [3.05, 3.63) is 228 Å². The van der Waals surface area contributed by atoms with Gasteiger partial charge in [-0.3, -0.25) is 0 Å². The van der Waals surface area contributed by atoms with E-state index >= 15 is 0 Å². The lowest BCUT2D eigenvalue weighted by atomic mass is 9.85. The van der Waals surface area contributed by atoms with E-state index in [1.807, 2.05) is 93.6 Å². The second kappa shape index (κ2) is 40.2. The van der Waals surface area contributed by atoms with E-state index in [9.17, 15) is 10.2 Å². The average Bonchev–Trinajstić information content (AvgIpc) is 2.09. The van der Waals surface area contributed by atoms with E-state index in [-0.39, 0.29) is 82.5 Å². The predicted octanol–water partition coefficient (Wildman–Crippen LogP) is 26.7. The van der Waals surface area contributed by atoms with Gasteiger partial charge in [0.2, 0.25) is 0 Å². The van der Waals surface area contributed by atoms with E-state index in [0.717, 1.165) is 27.5 Å². The van der Waals surface area contributed by atoms with Gasteiger partial charge in [-0.05, 0) is 169 Å². The number of hydrogen-bond donors (Lipinski definition) is 3. The number of halogens is 1. The highest BCUT2D eigenvalue weighted by atomic mass is 35.5. The van der Waals surface area contributed by atoms with Gasteiger partial charge in [-0.1, -0.05) is 321 Å². The second-order valence-electron chi connectivity index (χ2n) is 28.6. The van der Waals surface area contributed by atoms with Gasteiger partial charge < -0.3 is 20.1 Å². The summed E-state index contributed by atoms with van der Waals surface area (Å²) < 4.78 is 5.08. The highest BCUT2D eigenvalue weighted by Crippen LogP contribution is 2.32. The van der Waals surface area contributed by atoms with E-state index in [4.69, 9.17) is 27.0 Å². The minimum absolute atomic E-state index is 0. The Kier molecular flexibility index (Phi) is 42.2. The van der Waals surface area contributed by atoms with Crippen LogP contribution in [0.1, 0.15) is 251 Å². The fourth-order valence-electron chi connectivity index (χ4n) is 7.70. The Balaban J connectivity index is -0.000000223. The lowest BCUT2D eigenvalue weighted by molar-refractivity contribution is 0.414. The van der Waals surface area contributed by atoms with Crippen molar-refractivity contribution >= 4 is 17.3 Å². The molecule has 500 valence electrons. The quantitative estimate of drug-likeness (QED) is 0.0907. The average molecular weight is 1250 g/mol. The van der Waals surface area contributed by atoms with Gasteiger partial charge in [-0.25, -0.2) is 0 Å². The summed E-state index contributed by atoms with van der Waals surface area (Å²) in [6, 6.07) is 49.8. The van der Waals surface area contributed by atoms with Gasteiger partial charge in [0, 0.05) is 15.6 Å². The SMILES string of the molecule is C.C.C.C.C.C.CC(C)(C)c1ccc(Cl)cc1.CC(C)(C)c1ccc(N=[N+]=[N-])cc1.CC(C)(C)c1ccc(O)cc1.COc1ccc(C(C)(C)C)cc1.Cc1cc(C(C)(C)C)cc(C)c1O.Cc1cc(C(C)(C)C)ccc1O.Cc1cccc(C(C)(C)C)c1. The van der Waals surface area contributed by atoms with Gasteiger partial charge in [0.25, 0.3) is 0 Å². The zero-order valence-corrected chi connectivity index (χ0v) is 56.7. The topological polar surface area (TPSA) is 119 Å². The lowest BCUT2D eigenvalue weighted by Crippen LogP contribution is -2.11. The van der Waals surface area contributed by atoms with Crippen LogP contribution in [0.2, 0.25) is 5.02 Å². The zero-order chi connectivity index (χ0) is 64.1. The summed E-state index contributed by atoms with van der Waals surface area (Å²) in [6.45, 7) is 53.8. The molecular formula is C81H130ClN3O4. The van der Waals surface area contributed by atoms with Crippen LogP contribution in [0.15, 0.2) is 157 Å². The van der Waals surface area contributed by atoms with Gasteiger partial charge in [-0.2, -0.15) is 0 Å². The lowest BCUT2D eigenvalue weighted by Gasteiger charge is -2.20. The first-order chi connectivity index (χ1) is 37.8. The number of nitrogens with zero attached hydrogens (tertiary/aromatic N) is 3. The molecule has 0 bridgehead atoms. The maximum absolute atomic E-state index is 9.60. The number of phenolic OH excluding ortho intramolecular Hbond substituents is 3. The largest absolute Gasteiger partial charge is 0.508 e. The number of azide groups is 1. The van der Waals surface area contributed by atoms with Crippen molar-refractivity contribution in [2.45, 2.75) is 256 Å². The molecule has 0 aliphatic heterocycles. The fourth-order valence-corrected chi connectivity index (χ4v) is 7.83. The summed E-state index contributed by atoms with van der Waals surface area (Å²) in [5, 5.41) is 32.2. The first-order valence-electron chi connectivity index (χ1n) is 28.8. The van der Waals surface area contributed by atoms with E-state index in [1.54, 1.807) is 25.3 Å². The minimum atomic E-state index is 0. The van der Waals surface area contributed by atoms with Crippen LogP contribution in [0.4, 0.5) is 5.69 Å². The molecule has 7 aromatic carbocycles. The Hall–Kier alpha value is -6.66. The van der Waals surface area contributed by atoms with Crippen molar-refractivity contribution < 1.29 is 20.1 Å². The van der Waals surface area contributed by atoms with Crippen molar-refractivity contribution in [1.82, 2.24) is 0 Å². The Bertz CT molecular complexity index is 2990. The molecule has 89 heavy (non-hydrogen) atoms. The maximum atomic E-state index is 9.60. The third-order valence-corrected chi connectivity index (χ3v) is 13.8. The van der Waals surface area contributed by atoms with Crippen LogP contribution in [0.3, 0.4) is 0 Å².